The summed E-state index contributed by atoms with van der Waals surface area (Å²) in [5.41, 5.74) is -0.0545. The van der Waals surface area contributed by atoms with Gasteiger partial charge in [-0.05, 0) is 50.9 Å². The van der Waals surface area contributed by atoms with E-state index in [9.17, 15) is 4.79 Å². The van der Waals surface area contributed by atoms with Crippen molar-refractivity contribution in [1.29, 1.82) is 0 Å². The van der Waals surface area contributed by atoms with E-state index < -0.39 is 5.54 Å². The SMILES string of the molecule is CC(C)N=C1NC(=O)C2(CCC(C(C)(C)C)CC2)N1. The second-order valence-electron chi connectivity index (χ2n) is 7.37. The fraction of sp³-hybridized carbons (Fsp3) is 0.867. The Labute approximate surface area is 116 Å². The first kappa shape index (κ1) is 14.4. The van der Waals surface area contributed by atoms with Gasteiger partial charge in [0.15, 0.2) is 5.96 Å². The molecule has 0 unspecified atom stereocenters. The predicted molar refractivity (Wildman–Crippen MR) is 78.0 cm³/mol. The van der Waals surface area contributed by atoms with Crippen LogP contribution >= 0.6 is 0 Å². The van der Waals surface area contributed by atoms with Crippen LogP contribution in [0.15, 0.2) is 4.99 Å². The topological polar surface area (TPSA) is 53.5 Å². The molecule has 0 aromatic heterocycles. The molecule has 0 atom stereocenters. The molecular weight excluding hydrogens is 238 g/mol. The number of amides is 1. The first-order valence-electron chi connectivity index (χ1n) is 7.40. The first-order valence-corrected chi connectivity index (χ1v) is 7.40. The molecule has 1 saturated heterocycles. The zero-order valence-electron chi connectivity index (χ0n) is 12.8. The number of nitrogens with zero attached hydrogens (tertiary/aromatic N) is 1. The van der Waals surface area contributed by atoms with E-state index in [1.54, 1.807) is 0 Å². The third-order valence-electron chi connectivity index (χ3n) is 4.48. The highest BCUT2D eigenvalue weighted by Crippen LogP contribution is 2.42. The van der Waals surface area contributed by atoms with Crippen LogP contribution in [-0.2, 0) is 4.79 Å². The molecule has 0 aromatic rings. The minimum Gasteiger partial charge on any atom is -0.342 e. The maximum absolute atomic E-state index is 12.2. The highest BCUT2D eigenvalue weighted by Gasteiger charge is 2.48. The van der Waals surface area contributed by atoms with Gasteiger partial charge in [0, 0.05) is 6.04 Å². The third-order valence-corrected chi connectivity index (χ3v) is 4.48. The summed E-state index contributed by atoms with van der Waals surface area (Å²) >= 11 is 0. The van der Waals surface area contributed by atoms with Crippen molar-refractivity contribution in [2.75, 3.05) is 0 Å². The first-order chi connectivity index (χ1) is 8.73. The molecule has 0 aromatic carbocycles. The highest BCUT2D eigenvalue weighted by molar-refractivity contribution is 6.09. The minimum atomic E-state index is -0.393. The van der Waals surface area contributed by atoms with Gasteiger partial charge in [-0.25, -0.2) is 0 Å². The molecule has 2 N–H and O–H groups in total. The Kier molecular flexibility index (Phi) is 3.63. The number of aliphatic imine (C=N–C) groups is 1. The Morgan fingerprint density at radius 1 is 1.26 bits per heavy atom. The normalized spacial score (nSPS) is 33.9. The largest absolute Gasteiger partial charge is 0.342 e. The Morgan fingerprint density at radius 2 is 1.84 bits per heavy atom. The lowest BCUT2D eigenvalue weighted by Crippen LogP contribution is -2.50. The molecule has 2 rings (SSSR count). The number of guanidine groups is 1. The summed E-state index contributed by atoms with van der Waals surface area (Å²) in [7, 11) is 0. The van der Waals surface area contributed by atoms with E-state index in [0.717, 1.165) is 25.7 Å². The van der Waals surface area contributed by atoms with Crippen molar-refractivity contribution >= 4 is 11.9 Å². The Bertz CT molecular complexity index is 385. The molecule has 19 heavy (non-hydrogen) atoms. The summed E-state index contributed by atoms with van der Waals surface area (Å²) < 4.78 is 0. The van der Waals surface area contributed by atoms with Crippen LogP contribution in [0.1, 0.15) is 60.3 Å². The molecule has 1 aliphatic carbocycles. The molecule has 1 amide bonds. The van der Waals surface area contributed by atoms with Crippen molar-refractivity contribution < 1.29 is 4.79 Å². The Morgan fingerprint density at radius 3 is 2.32 bits per heavy atom. The van der Waals surface area contributed by atoms with Gasteiger partial charge >= 0.3 is 0 Å². The minimum absolute atomic E-state index is 0.110. The van der Waals surface area contributed by atoms with Gasteiger partial charge in [-0.3, -0.25) is 15.1 Å². The lowest BCUT2D eigenvalue weighted by atomic mass is 9.67. The van der Waals surface area contributed by atoms with E-state index in [-0.39, 0.29) is 11.9 Å². The van der Waals surface area contributed by atoms with Gasteiger partial charge < -0.3 is 5.32 Å². The maximum atomic E-state index is 12.2. The maximum Gasteiger partial charge on any atom is 0.252 e. The standard InChI is InChI=1S/C15H27N3O/c1-10(2)16-13-17-12(19)15(18-13)8-6-11(7-9-15)14(3,4)5/h10-11H,6-9H2,1-5H3,(H2,16,17,18,19). The van der Waals surface area contributed by atoms with Gasteiger partial charge in [0.2, 0.25) is 0 Å². The van der Waals surface area contributed by atoms with E-state index in [4.69, 9.17) is 0 Å². The van der Waals surface area contributed by atoms with Crippen LogP contribution in [-0.4, -0.2) is 23.4 Å². The van der Waals surface area contributed by atoms with E-state index >= 15 is 0 Å². The molecule has 2 fully saturated rings. The molecule has 1 aliphatic heterocycles. The number of rotatable bonds is 1. The summed E-state index contributed by atoms with van der Waals surface area (Å²) in [6.07, 6.45) is 4.05. The average molecular weight is 265 g/mol. The van der Waals surface area contributed by atoms with Crippen LogP contribution in [0.4, 0.5) is 0 Å². The van der Waals surface area contributed by atoms with Crippen molar-refractivity contribution in [1.82, 2.24) is 10.6 Å². The van der Waals surface area contributed by atoms with Crippen LogP contribution in [0.5, 0.6) is 0 Å². The van der Waals surface area contributed by atoms with Gasteiger partial charge in [0.05, 0.1) is 0 Å². The lowest BCUT2D eigenvalue weighted by Gasteiger charge is -2.40. The van der Waals surface area contributed by atoms with E-state index in [1.807, 2.05) is 13.8 Å². The number of carbonyl (C=O) groups is 1. The van der Waals surface area contributed by atoms with Crippen molar-refractivity contribution in [2.45, 2.75) is 71.9 Å². The second kappa shape index (κ2) is 4.80. The summed E-state index contributed by atoms with van der Waals surface area (Å²) in [6.45, 7) is 10.9. The summed E-state index contributed by atoms with van der Waals surface area (Å²) in [5.74, 6) is 1.48. The van der Waals surface area contributed by atoms with Crippen LogP contribution in [0.2, 0.25) is 0 Å². The lowest BCUT2D eigenvalue weighted by molar-refractivity contribution is -0.125. The van der Waals surface area contributed by atoms with Crippen LogP contribution in [0.3, 0.4) is 0 Å². The average Bonchev–Trinajstić information content (AvgIpc) is 2.53. The van der Waals surface area contributed by atoms with E-state index in [0.29, 0.717) is 17.3 Å². The third kappa shape index (κ3) is 2.93. The molecule has 108 valence electrons. The molecular formula is C15H27N3O. The summed E-state index contributed by atoms with van der Waals surface area (Å²) in [4.78, 5) is 16.7. The van der Waals surface area contributed by atoms with Gasteiger partial charge in [-0.15, -0.1) is 0 Å². The van der Waals surface area contributed by atoms with Crippen molar-refractivity contribution in [3.05, 3.63) is 0 Å². The van der Waals surface area contributed by atoms with Crippen molar-refractivity contribution in [3.63, 3.8) is 0 Å². The Hall–Kier alpha value is -1.06. The molecule has 4 heteroatoms. The summed E-state index contributed by atoms with van der Waals surface area (Å²) in [6, 6.07) is 0.198. The van der Waals surface area contributed by atoms with E-state index in [2.05, 4.69) is 36.4 Å². The Balaban J connectivity index is 2.05. The quantitative estimate of drug-likeness (QED) is 0.765. The van der Waals surface area contributed by atoms with Gasteiger partial charge in [0.1, 0.15) is 5.54 Å². The van der Waals surface area contributed by atoms with Crippen LogP contribution in [0.25, 0.3) is 0 Å². The van der Waals surface area contributed by atoms with E-state index in [1.165, 1.54) is 0 Å². The molecule has 1 spiro atoms. The predicted octanol–water partition coefficient (Wildman–Crippen LogP) is 2.45. The van der Waals surface area contributed by atoms with Gasteiger partial charge in [0.25, 0.3) is 5.91 Å². The van der Waals surface area contributed by atoms with Gasteiger partial charge in [-0.2, -0.15) is 0 Å². The van der Waals surface area contributed by atoms with Crippen molar-refractivity contribution in [3.8, 4) is 0 Å². The fourth-order valence-electron chi connectivity index (χ4n) is 3.19. The zero-order valence-corrected chi connectivity index (χ0v) is 12.8. The van der Waals surface area contributed by atoms with Gasteiger partial charge in [-0.1, -0.05) is 20.8 Å². The zero-order chi connectivity index (χ0) is 14.3. The summed E-state index contributed by atoms with van der Waals surface area (Å²) in [5, 5.41) is 6.25. The number of hydrogen-bond acceptors (Lipinski definition) is 2. The fourth-order valence-corrected chi connectivity index (χ4v) is 3.19. The highest BCUT2D eigenvalue weighted by atomic mass is 16.2. The molecule has 0 radical (unpaired) electrons. The molecule has 2 aliphatic rings. The van der Waals surface area contributed by atoms with Crippen molar-refractivity contribution in [2.24, 2.45) is 16.3 Å². The van der Waals surface area contributed by atoms with Crippen LogP contribution < -0.4 is 10.6 Å². The number of hydrogen-bond donors (Lipinski definition) is 2. The smallest absolute Gasteiger partial charge is 0.252 e. The molecule has 1 heterocycles. The molecule has 0 bridgehead atoms. The molecule has 1 saturated carbocycles. The number of nitrogens with one attached hydrogen (secondary N) is 2. The second-order valence-corrected chi connectivity index (χ2v) is 7.37. The van der Waals surface area contributed by atoms with Crippen LogP contribution in [0, 0.1) is 11.3 Å². The monoisotopic (exact) mass is 265 g/mol. The molecule has 4 nitrogen and oxygen atoms in total. The number of carbonyl (C=O) groups excluding carboxylic acids is 1.